The van der Waals surface area contributed by atoms with Gasteiger partial charge in [0.25, 0.3) is 0 Å². The van der Waals surface area contributed by atoms with Crippen molar-refractivity contribution in [2.24, 2.45) is 5.92 Å². The quantitative estimate of drug-likeness (QED) is 0.698. The van der Waals surface area contributed by atoms with E-state index in [0.717, 1.165) is 10.5 Å². The van der Waals surface area contributed by atoms with Crippen LogP contribution in [-0.2, 0) is 15.8 Å². The second-order valence-electron chi connectivity index (χ2n) is 6.45. The van der Waals surface area contributed by atoms with Crippen LogP contribution in [0.5, 0.6) is 0 Å². The first kappa shape index (κ1) is 20.9. The molecule has 4 nitrogen and oxygen atoms in total. The zero-order valence-electron chi connectivity index (χ0n) is 15.1. The molecule has 1 N–H and O–H groups in total. The smallest absolute Gasteiger partial charge is 0.345 e. The normalized spacial score (nSPS) is 16.3. The van der Waals surface area contributed by atoms with Crippen molar-refractivity contribution in [1.29, 1.82) is 0 Å². The van der Waals surface area contributed by atoms with E-state index in [-0.39, 0.29) is 36.9 Å². The number of alkyl halides is 3. The van der Waals surface area contributed by atoms with Gasteiger partial charge in [-0.1, -0.05) is 46.0 Å². The van der Waals surface area contributed by atoms with Gasteiger partial charge in [0.2, 0.25) is 11.8 Å². The molecule has 1 aliphatic rings. The van der Waals surface area contributed by atoms with Crippen molar-refractivity contribution in [3.63, 3.8) is 0 Å². The van der Waals surface area contributed by atoms with Gasteiger partial charge in [0.1, 0.15) is 0 Å². The minimum absolute atomic E-state index is 0.0721. The first-order chi connectivity index (χ1) is 13.8. The number of anilines is 1. The zero-order valence-corrected chi connectivity index (χ0v) is 16.7. The molecule has 1 unspecified atom stereocenters. The summed E-state index contributed by atoms with van der Waals surface area (Å²) in [6.45, 7) is 0.137. The van der Waals surface area contributed by atoms with Gasteiger partial charge in [0, 0.05) is 28.7 Å². The van der Waals surface area contributed by atoms with E-state index in [4.69, 9.17) is 0 Å². The van der Waals surface area contributed by atoms with Crippen LogP contribution < -0.4 is 10.2 Å². The summed E-state index contributed by atoms with van der Waals surface area (Å²) in [5.41, 5.74) is -0.265. The molecule has 0 saturated carbocycles. The number of benzene rings is 2. The lowest BCUT2D eigenvalue weighted by Crippen LogP contribution is -2.33. The number of hydrogen-bond acceptors (Lipinski definition) is 2. The second-order valence-corrected chi connectivity index (χ2v) is 7.36. The third-order valence-corrected chi connectivity index (χ3v) is 4.92. The Kier molecular flexibility index (Phi) is 6.28. The molecule has 0 aliphatic carbocycles. The largest absolute Gasteiger partial charge is 0.417 e. The molecule has 2 aromatic carbocycles. The third-order valence-electron chi connectivity index (χ3n) is 4.42. The Bertz CT molecular complexity index is 995. The van der Waals surface area contributed by atoms with Gasteiger partial charge >= 0.3 is 6.18 Å². The highest BCUT2D eigenvalue weighted by molar-refractivity contribution is 9.10. The van der Waals surface area contributed by atoms with Crippen molar-refractivity contribution in [3.05, 3.63) is 64.1 Å². The minimum atomic E-state index is -4.49. The summed E-state index contributed by atoms with van der Waals surface area (Å²) in [7, 11) is 0. The van der Waals surface area contributed by atoms with E-state index in [1.807, 2.05) is 6.07 Å². The molecule has 2 amide bonds. The molecule has 0 bridgehead atoms. The molecular formula is C21H16BrF3N2O2. The summed E-state index contributed by atoms with van der Waals surface area (Å²) in [5.74, 6) is 3.94. The molecule has 0 radical (unpaired) electrons. The van der Waals surface area contributed by atoms with E-state index < -0.39 is 17.7 Å². The van der Waals surface area contributed by atoms with Crippen LogP contribution >= 0.6 is 15.9 Å². The molecule has 150 valence electrons. The van der Waals surface area contributed by atoms with E-state index in [9.17, 15) is 22.8 Å². The van der Waals surface area contributed by atoms with Gasteiger partial charge in [0.05, 0.1) is 18.0 Å². The summed E-state index contributed by atoms with van der Waals surface area (Å²) in [6.07, 6.45) is -4.42. The van der Waals surface area contributed by atoms with Crippen molar-refractivity contribution >= 4 is 33.4 Å². The summed E-state index contributed by atoms with van der Waals surface area (Å²) in [6, 6.07) is 12.2. The molecule has 1 fully saturated rings. The topological polar surface area (TPSA) is 49.4 Å². The lowest BCUT2D eigenvalue weighted by atomic mass is 10.1. The van der Waals surface area contributed by atoms with Gasteiger partial charge in [0.15, 0.2) is 0 Å². The van der Waals surface area contributed by atoms with Crippen LogP contribution in [0.15, 0.2) is 53.0 Å². The summed E-state index contributed by atoms with van der Waals surface area (Å²) in [4.78, 5) is 26.1. The van der Waals surface area contributed by atoms with Crippen LogP contribution in [0.2, 0.25) is 0 Å². The lowest BCUT2D eigenvalue weighted by molar-refractivity contribution is -0.137. The fourth-order valence-electron chi connectivity index (χ4n) is 3.03. The Labute approximate surface area is 174 Å². The van der Waals surface area contributed by atoms with Crippen molar-refractivity contribution in [3.8, 4) is 11.8 Å². The Balaban J connectivity index is 1.59. The Hall–Kier alpha value is -2.79. The molecule has 8 heteroatoms. The van der Waals surface area contributed by atoms with Gasteiger partial charge in [-0.25, -0.2) is 0 Å². The van der Waals surface area contributed by atoms with E-state index >= 15 is 0 Å². The van der Waals surface area contributed by atoms with Crippen LogP contribution in [0, 0.1) is 17.8 Å². The van der Waals surface area contributed by atoms with Gasteiger partial charge < -0.3 is 10.2 Å². The number of carbonyl (C=O) groups is 2. The highest BCUT2D eigenvalue weighted by Gasteiger charge is 2.35. The zero-order chi connectivity index (χ0) is 21.0. The predicted octanol–water partition coefficient (Wildman–Crippen LogP) is 3.99. The number of nitrogens with one attached hydrogen (secondary N) is 1. The number of rotatable bonds is 3. The summed E-state index contributed by atoms with van der Waals surface area (Å²) < 4.78 is 39.7. The van der Waals surface area contributed by atoms with Crippen molar-refractivity contribution in [1.82, 2.24) is 5.32 Å². The number of halogens is 4. The molecule has 1 atom stereocenters. The van der Waals surface area contributed by atoms with Gasteiger partial charge in [-0.15, -0.1) is 0 Å². The van der Waals surface area contributed by atoms with Crippen molar-refractivity contribution in [2.45, 2.75) is 12.6 Å². The van der Waals surface area contributed by atoms with Crippen LogP contribution in [0.3, 0.4) is 0 Å². The fourth-order valence-corrected chi connectivity index (χ4v) is 3.42. The Morgan fingerprint density at radius 1 is 1.21 bits per heavy atom. The van der Waals surface area contributed by atoms with Gasteiger partial charge in [-0.3, -0.25) is 9.59 Å². The summed E-state index contributed by atoms with van der Waals surface area (Å²) in [5, 5.41) is 2.58. The molecule has 29 heavy (non-hydrogen) atoms. The molecular weight excluding hydrogens is 449 g/mol. The van der Waals surface area contributed by atoms with Crippen molar-refractivity contribution in [2.75, 3.05) is 18.0 Å². The fraction of sp³-hybridized carbons (Fsp3) is 0.238. The standard InChI is InChI=1S/C21H16BrF3N2O2/c22-16-7-3-8-17(12-16)27-13-15(11-19(27)28)20(29)26-10-4-6-14-5-1-2-9-18(14)21(23,24)25/h1-3,5,7-9,12,15H,10-11,13H2,(H,26,29). The van der Waals surface area contributed by atoms with Crippen LogP contribution in [0.1, 0.15) is 17.5 Å². The molecule has 2 aromatic rings. The van der Waals surface area contributed by atoms with E-state index in [1.54, 1.807) is 23.1 Å². The summed E-state index contributed by atoms with van der Waals surface area (Å²) >= 11 is 3.35. The molecule has 1 heterocycles. The highest BCUT2D eigenvalue weighted by Crippen LogP contribution is 2.31. The van der Waals surface area contributed by atoms with Crippen molar-refractivity contribution < 1.29 is 22.8 Å². The highest BCUT2D eigenvalue weighted by atomic mass is 79.9. The maximum absolute atomic E-state index is 13.0. The van der Waals surface area contributed by atoms with Crippen LogP contribution in [0.4, 0.5) is 18.9 Å². The SMILES string of the molecule is O=C(NCC#Cc1ccccc1C(F)(F)F)C1CC(=O)N(c2cccc(Br)c2)C1. The Morgan fingerprint density at radius 2 is 1.97 bits per heavy atom. The van der Waals surface area contributed by atoms with E-state index in [0.29, 0.717) is 5.69 Å². The number of amides is 2. The first-order valence-electron chi connectivity index (χ1n) is 8.74. The number of carbonyl (C=O) groups excluding carboxylic acids is 2. The lowest BCUT2D eigenvalue weighted by Gasteiger charge is -2.16. The van der Waals surface area contributed by atoms with Gasteiger partial charge in [-0.05, 0) is 30.3 Å². The molecule has 0 aromatic heterocycles. The van der Waals surface area contributed by atoms with E-state index in [1.165, 1.54) is 18.2 Å². The monoisotopic (exact) mass is 464 g/mol. The maximum Gasteiger partial charge on any atom is 0.417 e. The third kappa shape index (κ3) is 5.18. The molecule has 1 saturated heterocycles. The second kappa shape index (κ2) is 8.70. The predicted molar refractivity (Wildman–Crippen MR) is 106 cm³/mol. The first-order valence-corrected chi connectivity index (χ1v) is 9.54. The molecule has 3 rings (SSSR count). The molecule has 0 spiro atoms. The van der Waals surface area contributed by atoms with Gasteiger partial charge in [-0.2, -0.15) is 13.2 Å². The average Bonchev–Trinajstić information content (AvgIpc) is 3.06. The number of hydrogen-bond donors (Lipinski definition) is 1. The minimum Gasteiger partial charge on any atom is -0.345 e. The molecule has 1 aliphatic heterocycles. The average molecular weight is 465 g/mol. The van der Waals surface area contributed by atoms with Crippen LogP contribution in [-0.4, -0.2) is 24.9 Å². The number of nitrogens with zero attached hydrogens (tertiary/aromatic N) is 1. The Morgan fingerprint density at radius 3 is 2.69 bits per heavy atom. The van der Waals surface area contributed by atoms with E-state index in [2.05, 4.69) is 33.1 Å². The maximum atomic E-state index is 13.0. The van der Waals surface area contributed by atoms with Crippen LogP contribution in [0.25, 0.3) is 0 Å².